The number of carbonyl (C=O) groups excluding carboxylic acids is 2. The average molecular weight is 254 g/mol. The topological polar surface area (TPSA) is 96.0 Å². The SMILES string of the molecule is COC(=O)[C@@H](OS(C)(=O)=O)[C@@H](C)C(=O)OC. The molecule has 0 amide bonds. The smallest absolute Gasteiger partial charge is 0.337 e. The third-order valence-electron chi connectivity index (χ3n) is 1.74. The molecule has 8 heteroatoms. The second-order valence-electron chi connectivity index (χ2n) is 3.06. The first-order valence-electron chi connectivity index (χ1n) is 4.26. The number of hydrogen-bond acceptors (Lipinski definition) is 7. The van der Waals surface area contributed by atoms with E-state index >= 15 is 0 Å². The van der Waals surface area contributed by atoms with E-state index in [0.29, 0.717) is 0 Å². The molecule has 0 aromatic carbocycles. The van der Waals surface area contributed by atoms with E-state index < -0.39 is 34.1 Å². The molecule has 0 rings (SSSR count). The van der Waals surface area contributed by atoms with Crippen molar-refractivity contribution in [3.63, 3.8) is 0 Å². The van der Waals surface area contributed by atoms with Crippen molar-refractivity contribution in [2.24, 2.45) is 5.92 Å². The van der Waals surface area contributed by atoms with Gasteiger partial charge in [-0.3, -0.25) is 8.98 Å². The van der Waals surface area contributed by atoms with Gasteiger partial charge in [-0.15, -0.1) is 0 Å². The summed E-state index contributed by atoms with van der Waals surface area (Å²) in [6.45, 7) is 1.30. The van der Waals surface area contributed by atoms with Crippen molar-refractivity contribution in [2.45, 2.75) is 13.0 Å². The number of hydrogen-bond donors (Lipinski definition) is 0. The summed E-state index contributed by atoms with van der Waals surface area (Å²) >= 11 is 0. The molecule has 0 aromatic rings. The fourth-order valence-corrected chi connectivity index (χ4v) is 1.56. The minimum Gasteiger partial charge on any atom is -0.469 e. The zero-order chi connectivity index (χ0) is 12.9. The molecule has 0 fully saturated rings. The van der Waals surface area contributed by atoms with Gasteiger partial charge in [0.1, 0.15) is 0 Å². The van der Waals surface area contributed by atoms with Crippen LogP contribution < -0.4 is 0 Å². The van der Waals surface area contributed by atoms with Crippen molar-refractivity contribution in [3.05, 3.63) is 0 Å². The van der Waals surface area contributed by atoms with Crippen LogP contribution in [-0.2, 0) is 33.4 Å². The zero-order valence-corrected chi connectivity index (χ0v) is 10.2. The summed E-state index contributed by atoms with van der Waals surface area (Å²) in [5.41, 5.74) is 0. The molecule has 0 saturated carbocycles. The molecule has 0 saturated heterocycles. The van der Waals surface area contributed by atoms with Crippen LogP contribution in [0.5, 0.6) is 0 Å². The van der Waals surface area contributed by atoms with Gasteiger partial charge in [-0.25, -0.2) is 4.79 Å². The molecule has 2 atom stereocenters. The molecule has 0 heterocycles. The number of ether oxygens (including phenoxy) is 2. The molecule has 0 aliphatic heterocycles. The van der Waals surface area contributed by atoms with Crippen LogP contribution in [0.15, 0.2) is 0 Å². The van der Waals surface area contributed by atoms with Crippen molar-refractivity contribution in [1.82, 2.24) is 0 Å². The van der Waals surface area contributed by atoms with Crippen LogP contribution in [0.4, 0.5) is 0 Å². The van der Waals surface area contributed by atoms with E-state index in [4.69, 9.17) is 0 Å². The summed E-state index contributed by atoms with van der Waals surface area (Å²) < 4.78 is 35.0. The van der Waals surface area contributed by atoms with E-state index in [1.165, 1.54) is 6.92 Å². The zero-order valence-electron chi connectivity index (χ0n) is 9.42. The second kappa shape index (κ2) is 5.80. The molecule has 0 bridgehead atoms. The van der Waals surface area contributed by atoms with Crippen molar-refractivity contribution >= 4 is 22.1 Å². The molecule has 0 aliphatic carbocycles. The molecular formula is C8H14O7S. The first-order chi connectivity index (χ1) is 7.22. The highest BCUT2D eigenvalue weighted by Gasteiger charge is 2.35. The number of methoxy groups -OCH3 is 2. The monoisotopic (exact) mass is 254 g/mol. The molecule has 0 aromatic heterocycles. The fourth-order valence-electron chi connectivity index (χ4n) is 0.941. The van der Waals surface area contributed by atoms with Gasteiger partial charge in [0, 0.05) is 0 Å². The molecule has 0 unspecified atom stereocenters. The van der Waals surface area contributed by atoms with Crippen molar-refractivity contribution in [3.8, 4) is 0 Å². The molecule has 16 heavy (non-hydrogen) atoms. The third-order valence-corrected chi connectivity index (χ3v) is 2.30. The van der Waals surface area contributed by atoms with Crippen molar-refractivity contribution < 1.29 is 31.7 Å². The standard InChI is InChI=1S/C8H14O7S/c1-5(7(9)13-2)6(8(10)14-3)15-16(4,11)12/h5-6H,1-4H3/t5-,6+/m1/s1. The highest BCUT2D eigenvalue weighted by Crippen LogP contribution is 2.13. The number of esters is 2. The van der Waals surface area contributed by atoms with Gasteiger partial charge >= 0.3 is 11.9 Å². The molecule has 0 radical (unpaired) electrons. The van der Waals surface area contributed by atoms with E-state index in [1.54, 1.807) is 0 Å². The van der Waals surface area contributed by atoms with Gasteiger partial charge < -0.3 is 9.47 Å². The first kappa shape index (κ1) is 14.8. The Hall–Kier alpha value is -1.15. The quantitative estimate of drug-likeness (QED) is 0.473. The van der Waals surface area contributed by atoms with Gasteiger partial charge in [-0.1, -0.05) is 0 Å². The third kappa shape index (κ3) is 4.58. The Morgan fingerprint density at radius 2 is 1.50 bits per heavy atom. The van der Waals surface area contributed by atoms with Gasteiger partial charge in [0.05, 0.1) is 26.4 Å². The minimum atomic E-state index is -3.87. The Bertz CT molecular complexity index is 359. The minimum absolute atomic E-state index is 0.765. The number of carbonyl (C=O) groups is 2. The Balaban J connectivity index is 4.95. The Kier molecular flexibility index (Phi) is 5.39. The number of rotatable bonds is 5. The van der Waals surface area contributed by atoms with Crippen LogP contribution in [0.2, 0.25) is 0 Å². The normalized spacial score (nSPS) is 15.0. The predicted molar refractivity (Wildman–Crippen MR) is 52.9 cm³/mol. The summed E-state index contributed by atoms with van der Waals surface area (Å²) in [6.07, 6.45) is -0.764. The molecular weight excluding hydrogens is 240 g/mol. The maximum Gasteiger partial charge on any atom is 0.337 e. The summed E-state index contributed by atoms with van der Waals surface area (Å²) in [7, 11) is -1.69. The lowest BCUT2D eigenvalue weighted by Gasteiger charge is -2.18. The van der Waals surface area contributed by atoms with Crippen molar-refractivity contribution in [1.29, 1.82) is 0 Å². The van der Waals surface area contributed by atoms with Crippen LogP contribution in [0.25, 0.3) is 0 Å². The molecule has 0 N–H and O–H groups in total. The lowest BCUT2D eigenvalue weighted by atomic mass is 10.1. The molecule has 0 aliphatic rings. The van der Waals surface area contributed by atoms with E-state index in [9.17, 15) is 18.0 Å². The largest absolute Gasteiger partial charge is 0.469 e. The average Bonchev–Trinajstić information content (AvgIpc) is 2.21. The first-order valence-corrected chi connectivity index (χ1v) is 6.08. The van der Waals surface area contributed by atoms with E-state index in [2.05, 4.69) is 13.7 Å². The van der Waals surface area contributed by atoms with Crippen molar-refractivity contribution in [2.75, 3.05) is 20.5 Å². The van der Waals surface area contributed by atoms with Crippen LogP contribution in [0.1, 0.15) is 6.92 Å². The van der Waals surface area contributed by atoms with Crippen LogP contribution >= 0.6 is 0 Å². The van der Waals surface area contributed by atoms with E-state index in [0.717, 1.165) is 20.5 Å². The molecule has 94 valence electrons. The van der Waals surface area contributed by atoms with Crippen LogP contribution in [0, 0.1) is 5.92 Å². The summed E-state index contributed by atoms with van der Waals surface area (Å²) in [6, 6.07) is 0. The van der Waals surface area contributed by atoms with E-state index in [1.807, 2.05) is 0 Å². The lowest BCUT2D eigenvalue weighted by Crippen LogP contribution is -2.38. The van der Waals surface area contributed by atoms with Gasteiger partial charge in [0.2, 0.25) is 0 Å². The van der Waals surface area contributed by atoms with Gasteiger partial charge in [-0.05, 0) is 6.92 Å². The maximum atomic E-state index is 11.2. The Morgan fingerprint density at radius 1 is 1.06 bits per heavy atom. The highest BCUT2D eigenvalue weighted by molar-refractivity contribution is 7.86. The molecule has 0 spiro atoms. The van der Waals surface area contributed by atoms with Crippen LogP contribution in [0.3, 0.4) is 0 Å². The summed E-state index contributed by atoms with van der Waals surface area (Å²) in [4.78, 5) is 22.4. The predicted octanol–water partition coefficient (Wildman–Crippen LogP) is -0.687. The lowest BCUT2D eigenvalue weighted by molar-refractivity contribution is -0.160. The van der Waals surface area contributed by atoms with Crippen LogP contribution in [-0.4, -0.2) is 46.9 Å². The fraction of sp³-hybridized carbons (Fsp3) is 0.750. The maximum absolute atomic E-state index is 11.2. The summed E-state index contributed by atoms with van der Waals surface area (Å²) in [5.74, 6) is -2.80. The van der Waals surface area contributed by atoms with E-state index in [-0.39, 0.29) is 0 Å². The van der Waals surface area contributed by atoms with Gasteiger partial charge in [0.25, 0.3) is 10.1 Å². The highest BCUT2D eigenvalue weighted by atomic mass is 32.2. The summed E-state index contributed by atoms with van der Waals surface area (Å²) in [5, 5.41) is 0. The van der Waals surface area contributed by atoms with Gasteiger partial charge in [-0.2, -0.15) is 8.42 Å². The second-order valence-corrected chi connectivity index (χ2v) is 4.66. The molecule has 7 nitrogen and oxygen atoms in total. The Labute approximate surface area is 93.8 Å². The van der Waals surface area contributed by atoms with Gasteiger partial charge in [0.15, 0.2) is 6.10 Å². The Morgan fingerprint density at radius 3 is 1.81 bits per heavy atom.